The van der Waals surface area contributed by atoms with Gasteiger partial charge in [0.25, 0.3) is 11.8 Å². The SMILES string of the molecule is C=C(c1ccc(Cl)cc1)C(CN(C)c1noc(-c2ccccn2)n1)N1CCCC1=O. The van der Waals surface area contributed by atoms with Gasteiger partial charge in [-0.1, -0.05) is 36.4 Å². The van der Waals surface area contributed by atoms with Crippen LogP contribution in [0.2, 0.25) is 5.02 Å². The van der Waals surface area contributed by atoms with Gasteiger partial charge in [-0.2, -0.15) is 4.98 Å². The number of benzene rings is 1. The molecule has 7 nitrogen and oxygen atoms in total. The van der Waals surface area contributed by atoms with Gasteiger partial charge < -0.3 is 14.3 Å². The van der Waals surface area contributed by atoms with Crippen molar-refractivity contribution < 1.29 is 9.32 Å². The van der Waals surface area contributed by atoms with E-state index in [1.165, 1.54) is 0 Å². The molecular weight excluding hydrogens is 402 g/mol. The highest BCUT2D eigenvalue weighted by molar-refractivity contribution is 6.30. The van der Waals surface area contributed by atoms with Crippen molar-refractivity contribution in [2.24, 2.45) is 0 Å². The normalized spacial score (nSPS) is 14.7. The van der Waals surface area contributed by atoms with E-state index in [9.17, 15) is 4.79 Å². The third-order valence-electron chi connectivity index (χ3n) is 5.19. The van der Waals surface area contributed by atoms with Crippen molar-refractivity contribution in [3.05, 3.63) is 65.8 Å². The Balaban J connectivity index is 1.57. The van der Waals surface area contributed by atoms with E-state index in [1.54, 1.807) is 6.20 Å². The van der Waals surface area contributed by atoms with Crippen LogP contribution >= 0.6 is 11.6 Å². The predicted octanol–water partition coefficient (Wildman–Crippen LogP) is 3.93. The molecule has 1 unspecified atom stereocenters. The summed E-state index contributed by atoms with van der Waals surface area (Å²) >= 11 is 6.03. The molecule has 8 heteroatoms. The van der Waals surface area contributed by atoms with Crippen molar-refractivity contribution in [3.63, 3.8) is 0 Å². The molecule has 0 bridgehead atoms. The number of nitrogens with zero attached hydrogens (tertiary/aromatic N) is 5. The van der Waals surface area contributed by atoms with Gasteiger partial charge in [-0.15, -0.1) is 0 Å². The fourth-order valence-corrected chi connectivity index (χ4v) is 3.68. The molecule has 3 aromatic rings. The zero-order chi connectivity index (χ0) is 21.1. The van der Waals surface area contributed by atoms with Crippen LogP contribution in [-0.2, 0) is 4.79 Å². The second kappa shape index (κ2) is 8.67. The van der Waals surface area contributed by atoms with Crippen molar-refractivity contribution >= 4 is 29.0 Å². The van der Waals surface area contributed by atoms with Gasteiger partial charge in [0, 0.05) is 37.8 Å². The van der Waals surface area contributed by atoms with Gasteiger partial charge in [0.15, 0.2) is 0 Å². The molecule has 0 saturated carbocycles. The number of carbonyl (C=O) groups excluding carboxylic acids is 1. The number of pyridine rings is 1. The Kier molecular flexibility index (Phi) is 5.81. The minimum Gasteiger partial charge on any atom is -0.339 e. The Morgan fingerprint density at radius 2 is 2.10 bits per heavy atom. The van der Waals surface area contributed by atoms with E-state index in [-0.39, 0.29) is 11.9 Å². The van der Waals surface area contributed by atoms with E-state index in [0.29, 0.717) is 42.1 Å². The molecule has 1 aliphatic rings. The summed E-state index contributed by atoms with van der Waals surface area (Å²) in [5.41, 5.74) is 2.41. The van der Waals surface area contributed by atoms with Crippen LogP contribution in [-0.4, -0.2) is 52.1 Å². The third-order valence-corrected chi connectivity index (χ3v) is 5.44. The third kappa shape index (κ3) is 4.21. The van der Waals surface area contributed by atoms with E-state index >= 15 is 0 Å². The Morgan fingerprint density at radius 3 is 2.77 bits per heavy atom. The van der Waals surface area contributed by atoms with Crippen molar-refractivity contribution in [2.45, 2.75) is 18.9 Å². The highest BCUT2D eigenvalue weighted by Gasteiger charge is 2.32. The lowest BCUT2D eigenvalue weighted by Gasteiger charge is -2.32. The molecule has 1 fully saturated rings. The number of hydrogen-bond donors (Lipinski definition) is 0. The lowest BCUT2D eigenvalue weighted by Crippen LogP contribution is -2.44. The fourth-order valence-electron chi connectivity index (χ4n) is 3.56. The Hall–Kier alpha value is -3.19. The van der Waals surface area contributed by atoms with E-state index < -0.39 is 0 Å². The number of hydrogen-bond acceptors (Lipinski definition) is 6. The summed E-state index contributed by atoms with van der Waals surface area (Å²) in [5, 5.41) is 4.74. The van der Waals surface area contributed by atoms with E-state index in [4.69, 9.17) is 16.1 Å². The van der Waals surface area contributed by atoms with Gasteiger partial charge >= 0.3 is 0 Å². The van der Waals surface area contributed by atoms with Crippen molar-refractivity contribution in [1.29, 1.82) is 0 Å². The molecule has 1 aliphatic heterocycles. The van der Waals surface area contributed by atoms with Gasteiger partial charge in [0.2, 0.25) is 5.91 Å². The topological polar surface area (TPSA) is 75.4 Å². The van der Waals surface area contributed by atoms with E-state index in [1.807, 2.05) is 59.3 Å². The van der Waals surface area contributed by atoms with Crippen LogP contribution in [0.25, 0.3) is 17.2 Å². The zero-order valence-electron chi connectivity index (χ0n) is 16.7. The quantitative estimate of drug-likeness (QED) is 0.573. The first-order valence-corrected chi connectivity index (χ1v) is 10.1. The second-order valence-corrected chi connectivity index (χ2v) is 7.67. The molecule has 1 saturated heterocycles. The van der Waals surface area contributed by atoms with Gasteiger partial charge in [0.05, 0.1) is 6.04 Å². The maximum Gasteiger partial charge on any atom is 0.278 e. The van der Waals surface area contributed by atoms with Gasteiger partial charge in [-0.3, -0.25) is 9.78 Å². The average molecular weight is 424 g/mol. The summed E-state index contributed by atoms with van der Waals surface area (Å²) in [5.74, 6) is 0.907. The summed E-state index contributed by atoms with van der Waals surface area (Å²) in [6.07, 6.45) is 3.08. The monoisotopic (exact) mass is 423 g/mol. The molecule has 1 atom stereocenters. The molecule has 0 aliphatic carbocycles. The standard InChI is InChI=1S/C22H22ClN5O2/c1-15(16-8-10-17(23)11-9-16)19(28-13-5-7-20(28)29)14-27(2)22-25-21(30-26-22)18-6-3-4-12-24-18/h3-4,6,8-12,19H,1,5,7,13-14H2,2H3. The van der Waals surface area contributed by atoms with Gasteiger partial charge in [-0.25, -0.2) is 0 Å². The first-order chi connectivity index (χ1) is 14.5. The highest BCUT2D eigenvalue weighted by atomic mass is 35.5. The van der Waals surface area contributed by atoms with Crippen LogP contribution in [0.3, 0.4) is 0 Å². The second-order valence-electron chi connectivity index (χ2n) is 7.23. The zero-order valence-corrected chi connectivity index (χ0v) is 17.4. The smallest absolute Gasteiger partial charge is 0.278 e. The molecule has 154 valence electrons. The molecule has 1 amide bonds. The van der Waals surface area contributed by atoms with Crippen molar-refractivity contribution in [2.75, 3.05) is 25.0 Å². The minimum atomic E-state index is -0.219. The molecule has 30 heavy (non-hydrogen) atoms. The molecular formula is C22H22ClN5O2. The van der Waals surface area contributed by atoms with Crippen LogP contribution in [0.4, 0.5) is 5.95 Å². The lowest BCUT2D eigenvalue weighted by atomic mass is 9.98. The van der Waals surface area contributed by atoms with Crippen LogP contribution in [0.5, 0.6) is 0 Å². The minimum absolute atomic E-state index is 0.130. The summed E-state index contributed by atoms with van der Waals surface area (Å²) in [4.78, 5) is 24.9. The van der Waals surface area contributed by atoms with Gasteiger partial charge in [-0.05, 0) is 47.0 Å². The van der Waals surface area contributed by atoms with Crippen molar-refractivity contribution in [3.8, 4) is 11.6 Å². The number of carbonyl (C=O) groups is 1. The Labute approximate surface area is 180 Å². The largest absolute Gasteiger partial charge is 0.339 e. The maximum atomic E-state index is 12.5. The molecule has 4 rings (SSSR count). The molecule has 0 spiro atoms. The molecule has 0 radical (unpaired) electrons. The first kappa shape index (κ1) is 20.1. The summed E-state index contributed by atoms with van der Waals surface area (Å²) in [6.45, 7) is 5.48. The summed E-state index contributed by atoms with van der Waals surface area (Å²) in [6, 6.07) is 12.8. The Morgan fingerprint density at radius 1 is 1.30 bits per heavy atom. The van der Waals surface area contributed by atoms with Crippen LogP contribution in [0.1, 0.15) is 18.4 Å². The molecule has 0 N–H and O–H groups in total. The summed E-state index contributed by atoms with van der Waals surface area (Å²) in [7, 11) is 1.87. The van der Waals surface area contributed by atoms with E-state index in [0.717, 1.165) is 17.6 Å². The first-order valence-electron chi connectivity index (χ1n) is 9.73. The van der Waals surface area contributed by atoms with E-state index in [2.05, 4.69) is 21.7 Å². The Bertz CT molecular complexity index is 1040. The highest BCUT2D eigenvalue weighted by Crippen LogP contribution is 2.27. The van der Waals surface area contributed by atoms with Crippen molar-refractivity contribution in [1.82, 2.24) is 20.0 Å². The fraction of sp³-hybridized carbons (Fsp3) is 0.273. The van der Waals surface area contributed by atoms with Crippen LogP contribution in [0, 0.1) is 0 Å². The van der Waals surface area contributed by atoms with Gasteiger partial charge in [0.1, 0.15) is 5.69 Å². The summed E-state index contributed by atoms with van der Waals surface area (Å²) < 4.78 is 5.38. The number of aromatic nitrogens is 3. The lowest BCUT2D eigenvalue weighted by molar-refractivity contribution is -0.128. The number of likely N-dealkylation sites (N-methyl/N-ethyl adjacent to an activating group) is 1. The number of anilines is 1. The molecule has 3 heterocycles. The number of amides is 1. The predicted molar refractivity (Wildman–Crippen MR) is 116 cm³/mol. The molecule has 2 aromatic heterocycles. The van der Waals surface area contributed by atoms with Crippen LogP contribution in [0.15, 0.2) is 59.8 Å². The number of rotatable bonds is 7. The maximum absolute atomic E-state index is 12.5. The molecule has 1 aromatic carbocycles. The van der Waals surface area contributed by atoms with Crippen LogP contribution < -0.4 is 4.90 Å². The number of halogens is 1. The average Bonchev–Trinajstić information content (AvgIpc) is 3.42. The number of likely N-dealkylation sites (tertiary alicyclic amines) is 1.